The zero-order valence-electron chi connectivity index (χ0n) is 14.1. The predicted molar refractivity (Wildman–Crippen MR) is 87.1 cm³/mol. The van der Waals surface area contributed by atoms with Crippen molar-refractivity contribution in [2.75, 3.05) is 0 Å². The van der Waals surface area contributed by atoms with Gasteiger partial charge in [-0.3, -0.25) is 4.79 Å². The van der Waals surface area contributed by atoms with Crippen LogP contribution in [0.5, 0.6) is 0 Å². The Hall–Kier alpha value is 0.145. The molecule has 3 heteroatoms. The second-order valence-electron chi connectivity index (χ2n) is 5.73. The number of hydrogen-bond donors (Lipinski definition) is 1. The van der Waals surface area contributed by atoms with Gasteiger partial charge in [0.15, 0.2) is 0 Å². The molecule has 120 valence electrons. The molecule has 0 heterocycles. The third-order valence-electron chi connectivity index (χ3n) is 3.65. The normalized spacial score (nSPS) is 10.7. The van der Waals surface area contributed by atoms with Crippen molar-refractivity contribution in [3.05, 3.63) is 12.2 Å². The van der Waals surface area contributed by atoms with Crippen LogP contribution in [0, 0.1) is 0 Å². The number of aliphatic carboxylic acids is 1. The Morgan fingerprint density at radius 1 is 0.762 bits per heavy atom. The molecule has 0 saturated heterocycles. The maximum atomic E-state index is 10.3. The fourth-order valence-electron chi connectivity index (χ4n) is 2.35. The van der Waals surface area contributed by atoms with Crippen molar-refractivity contribution in [2.45, 2.75) is 96.8 Å². The second kappa shape index (κ2) is 20.1. The summed E-state index contributed by atoms with van der Waals surface area (Å²) in [4.78, 5) is 10.3. The van der Waals surface area contributed by atoms with E-state index in [0.29, 0.717) is 6.42 Å². The maximum Gasteiger partial charge on any atom is 0.303 e. The summed E-state index contributed by atoms with van der Waals surface area (Å²) in [5.74, 6) is -0.664. The first-order valence-corrected chi connectivity index (χ1v) is 8.64. The van der Waals surface area contributed by atoms with Crippen molar-refractivity contribution < 1.29 is 37.6 Å². The van der Waals surface area contributed by atoms with E-state index in [2.05, 4.69) is 19.1 Å². The van der Waals surface area contributed by atoms with Crippen LogP contribution in [0.1, 0.15) is 96.8 Å². The first-order valence-electron chi connectivity index (χ1n) is 8.64. The molecule has 0 aromatic heterocycles. The van der Waals surface area contributed by atoms with Crippen molar-refractivity contribution in [3.63, 3.8) is 0 Å². The summed E-state index contributed by atoms with van der Waals surface area (Å²) in [6.07, 6.45) is 21.2. The van der Waals surface area contributed by atoms with Crippen molar-refractivity contribution in [1.29, 1.82) is 0 Å². The van der Waals surface area contributed by atoms with Crippen LogP contribution in [0.4, 0.5) is 0 Å². The first kappa shape index (κ1) is 23.4. The van der Waals surface area contributed by atoms with Crippen molar-refractivity contribution in [1.82, 2.24) is 0 Å². The van der Waals surface area contributed by atoms with Crippen LogP contribution < -0.4 is 0 Å². The molecule has 0 aliphatic carbocycles. The molecule has 0 fully saturated rings. The quantitative estimate of drug-likeness (QED) is 0.174. The largest absolute Gasteiger partial charge is 0.481 e. The van der Waals surface area contributed by atoms with Crippen LogP contribution in [0.25, 0.3) is 0 Å². The van der Waals surface area contributed by atoms with Crippen molar-refractivity contribution in [3.8, 4) is 0 Å². The molecule has 0 aromatic rings. The molecular weight excluding hydrogens is 449 g/mol. The summed E-state index contributed by atoms with van der Waals surface area (Å²) < 4.78 is 0. The Labute approximate surface area is 152 Å². The van der Waals surface area contributed by atoms with E-state index in [4.69, 9.17) is 5.11 Å². The van der Waals surface area contributed by atoms with E-state index in [-0.39, 0.29) is 27.7 Å². The molecule has 0 unspecified atom stereocenters. The number of hydrogen-bond acceptors (Lipinski definition) is 1. The summed E-state index contributed by atoms with van der Waals surface area (Å²) in [5, 5.41) is 8.51. The zero-order chi connectivity index (χ0) is 14.9. The summed E-state index contributed by atoms with van der Waals surface area (Å²) in [6.45, 7) is 2.26. The SMILES string of the molecule is CCCCCCCCC=CCCCCCCCC(=O)O.[Hg]. The Morgan fingerprint density at radius 2 is 1.19 bits per heavy atom. The van der Waals surface area contributed by atoms with E-state index in [1.165, 1.54) is 70.6 Å². The average molecular weight is 483 g/mol. The Bertz CT molecular complexity index is 239. The molecule has 0 saturated carbocycles. The number of allylic oxidation sites excluding steroid dienone is 2. The smallest absolute Gasteiger partial charge is 0.303 e. The number of carboxylic acids is 1. The fraction of sp³-hybridized carbons (Fsp3) is 0.833. The zero-order valence-corrected chi connectivity index (χ0v) is 19.6. The molecule has 0 bridgehead atoms. The van der Waals surface area contributed by atoms with Crippen LogP contribution in [-0.4, -0.2) is 11.1 Å². The van der Waals surface area contributed by atoms with E-state index in [9.17, 15) is 4.79 Å². The summed E-state index contributed by atoms with van der Waals surface area (Å²) in [6, 6.07) is 0. The van der Waals surface area contributed by atoms with Crippen LogP contribution in [0.3, 0.4) is 0 Å². The van der Waals surface area contributed by atoms with E-state index in [0.717, 1.165) is 12.8 Å². The van der Waals surface area contributed by atoms with Gasteiger partial charge in [-0.1, -0.05) is 70.4 Å². The minimum absolute atomic E-state index is 0. The van der Waals surface area contributed by atoms with Gasteiger partial charge < -0.3 is 5.11 Å². The first-order chi connectivity index (χ1) is 9.77. The third kappa shape index (κ3) is 22.6. The molecule has 0 amide bonds. The standard InChI is InChI=1S/C18H34O2.Hg/c1-2-3-4-5-6-7-8-9-10-11-12-13-14-15-16-17-18(19)20;/h9-10H,2-8,11-17H2,1H3,(H,19,20);. The molecule has 1 N–H and O–H groups in total. The molecule has 0 spiro atoms. The number of carbonyl (C=O) groups is 1. The minimum Gasteiger partial charge on any atom is -0.481 e. The van der Waals surface area contributed by atoms with Gasteiger partial charge >= 0.3 is 5.97 Å². The summed E-state index contributed by atoms with van der Waals surface area (Å²) >= 11 is 0. The van der Waals surface area contributed by atoms with Gasteiger partial charge in [-0.2, -0.15) is 0 Å². The van der Waals surface area contributed by atoms with Gasteiger partial charge in [-0.15, -0.1) is 0 Å². The van der Waals surface area contributed by atoms with Crippen molar-refractivity contribution in [2.24, 2.45) is 0 Å². The maximum absolute atomic E-state index is 10.3. The van der Waals surface area contributed by atoms with Gasteiger partial charge in [-0.05, 0) is 32.1 Å². The molecule has 0 radical (unpaired) electrons. The molecule has 0 rings (SSSR count). The Balaban J connectivity index is 0. The fourth-order valence-corrected chi connectivity index (χ4v) is 2.35. The van der Waals surface area contributed by atoms with Gasteiger partial charge in [0.05, 0.1) is 0 Å². The van der Waals surface area contributed by atoms with Gasteiger partial charge in [0.1, 0.15) is 0 Å². The predicted octanol–water partition coefficient (Wildman–Crippen LogP) is 6.11. The molecule has 0 atom stereocenters. The molecule has 2 nitrogen and oxygen atoms in total. The van der Waals surface area contributed by atoms with E-state index in [1.54, 1.807) is 0 Å². The van der Waals surface area contributed by atoms with Gasteiger partial charge in [0, 0.05) is 34.1 Å². The second-order valence-corrected chi connectivity index (χ2v) is 5.73. The van der Waals surface area contributed by atoms with Crippen LogP contribution >= 0.6 is 0 Å². The average Bonchev–Trinajstić information content (AvgIpc) is 2.43. The summed E-state index contributed by atoms with van der Waals surface area (Å²) in [7, 11) is 0. The van der Waals surface area contributed by atoms with Gasteiger partial charge in [0.2, 0.25) is 0 Å². The van der Waals surface area contributed by atoms with Crippen molar-refractivity contribution >= 4 is 5.97 Å². The number of carboxylic acid groups (broad SMARTS) is 1. The molecular formula is C18H34HgO2. The summed E-state index contributed by atoms with van der Waals surface area (Å²) in [5.41, 5.74) is 0. The number of rotatable bonds is 15. The van der Waals surface area contributed by atoms with E-state index >= 15 is 0 Å². The third-order valence-corrected chi connectivity index (χ3v) is 3.65. The minimum atomic E-state index is -0.664. The number of unbranched alkanes of at least 4 members (excludes halogenated alkanes) is 11. The molecule has 0 aliphatic rings. The molecule has 21 heavy (non-hydrogen) atoms. The van der Waals surface area contributed by atoms with E-state index < -0.39 is 5.97 Å². The van der Waals surface area contributed by atoms with Crippen LogP contribution in [0.15, 0.2) is 12.2 Å². The topological polar surface area (TPSA) is 37.3 Å². The molecule has 0 aromatic carbocycles. The monoisotopic (exact) mass is 484 g/mol. The van der Waals surface area contributed by atoms with Gasteiger partial charge in [0.25, 0.3) is 0 Å². The van der Waals surface area contributed by atoms with Gasteiger partial charge in [-0.25, -0.2) is 0 Å². The van der Waals surface area contributed by atoms with E-state index in [1.807, 2.05) is 0 Å². The van der Waals surface area contributed by atoms with Crippen LogP contribution in [-0.2, 0) is 32.5 Å². The molecule has 0 aliphatic heterocycles. The van der Waals surface area contributed by atoms with Crippen LogP contribution in [0.2, 0.25) is 0 Å². The Morgan fingerprint density at radius 3 is 1.67 bits per heavy atom. The Kier molecular flexibility index (Phi) is 22.5.